The molecule has 122 valence electrons. The number of ketones is 1. The van der Waals surface area contributed by atoms with E-state index in [1.165, 1.54) is 13.2 Å². The van der Waals surface area contributed by atoms with Gasteiger partial charge in [-0.2, -0.15) is 0 Å². The summed E-state index contributed by atoms with van der Waals surface area (Å²) in [6.45, 7) is 1.46. The third kappa shape index (κ3) is 3.57. The van der Waals surface area contributed by atoms with Gasteiger partial charge >= 0.3 is 0 Å². The van der Waals surface area contributed by atoms with Crippen molar-refractivity contribution in [3.8, 4) is 0 Å². The van der Waals surface area contributed by atoms with Crippen LogP contribution in [0.5, 0.6) is 0 Å². The average Bonchev–Trinajstić information content (AvgIpc) is 2.95. The van der Waals surface area contributed by atoms with E-state index in [2.05, 4.69) is 0 Å². The van der Waals surface area contributed by atoms with Crippen LogP contribution in [-0.4, -0.2) is 49.6 Å². The number of rotatable bonds is 4. The van der Waals surface area contributed by atoms with Gasteiger partial charge in [0.05, 0.1) is 15.0 Å². The van der Waals surface area contributed by atoms with E-state index in [-0.39, 0.29) is 17.7 Å². The molecule has 1 aliphatic rings. The number of carbonyl (C=O) groups is 2. The van der Waals surface area contributed by atoms with Gasteiger partial charge in [0.15, 0.2) is 15.6 Å². The van der Waals surface area contributed by atoms with Crippen molar-refractivity contribution in [3.05, 3.63) is 21.9 Å². The summed E-state index contributed by atoms with van der Waals surface area (Å²) in [5.74, 6) is -0.281. The quantitative estimate of drug-likeness (QED) is 0.787. The van der Waals surface area contributed by atoms with Crippen molar-refractivity contribution in [1.29, 1.82) is 0 Å². The molecule has 0 aromatic carbocycles. The Hall–Kier alpha value is -1.21. The van der Waals surface area contributed by atoms with Crippen LogP contribution in [0.4, 0.5) is 0 Å². The normalized spacial score (nSPS) is 22.3. The number of carbonyl (C=O) groups excluding carboxylic acids is 2. The van der Waals surface area contributed by atoms with Crippen LogP contribution in [0, 0.1) is 0 Å². The Labute approximate surface area is 135 Å². The molecule has 1 amide bonds. The zero-order valence-electron chi connectivity index (χ0n) is 13.0. The lowest BCUT2D eigenvalue weighted by molar-refractivity contribution is 0.0705. The fourth-order valence-corrected chi connectivity index (χ4v) is 5.35. The highest BCUT2D eigenvalue weighted by Crippen LogP contribution is 2.29. The van der Waals surface area contributed by atoms with Crippen molar-refractivity contribution in [3.63, 3.8) is 0 Å². The first-order valence-corrected chi connectivity index (χ1v) is 10.1. The Bertz CT molecular complexity index is 677. The number of Topliss-reactive ketones (excluding diaryl/α,β-unsaturated/α-hetero) is 1. The predicted molar refractivity (Wildman–Crippen MR) is 87.3 cm³/mol. The van der Waals surface area contributed by atoms with Crippen LogP contribution in [0.15, 0.2) is 12.1 Å². The van der Waals surface area contributed by atoms with Crippen molar-refractivity contribution < 1.29 is 18.0 Å². The summed E-state index contributed by atoms with van der Waals surface area (Å²) in [7, 11) is -1.53. The second kappa shape index (κ2) is 6.50. The third-order valence-corrected chi connectivity index (χ3v) is 7.02. The van der Waals surface area contributed by atoms with E-state index in [0.717, 1.165) is 24.2 Å². The summed E-state index contributed by atoms with van der Waals surface area (Å²) in [6, 6.07) is 2.99. The maximum atomic E-state index is 12.6. The lowest BCUT2D eigenvalue weighted by Gasteiger charge is -2.36. The van der Waals surface area contributed by atoms with Crippen molar-refractivity contribution in [2.45, 2.75) is 43.9 Å². The number of hydrogen-bond donors (Lipinski definition) is 0. The van der Waals surface area contributed by atoms with Gasteiger partial charge < -0.3 is 4.90 Å². The molecule has 0 radical (unpaired) electrons. The molecule has 22 heavy (non-hydrogen) atoms. The van der Waals surface area contributed by atoms with Gasteiger partial charge in [0.2, 0.25) is 0 Å². The van der Waals surface area contributed by atoms with Crippen LogP contribution >= 0.6 is 11.3 Å². The minimum atomic E-state index is -3.19. The molecule has 1 heterocycles. The zero-order valence-corrected chi connectivity index (χ0v) is 14.7. The van der Waals surface area contributed by atoms with Gasteiger partial charge in [0.25, 0.3) is 5.91 Å². The first-order chi connectivity index (χ1) is 10.2. The molecule has 1 aromatic heterocycles. The second-order valence-corrected chi connectivity index (χ2v) is 9.20. The zero-order chi connectivity index (χ0) is 16.5. The number of thiophene rings is 1. The minimum absolute atomic E-state index is 0.0709. The molecular formula is C15H21NO4S2. The fraction of sp³-hybridized carbons (Fsp3) is 0.600. The third-order valence-electron chi connectivity index (χ3n) is 4.20. The molecule has 0 spiro atoms. The van der Waals surface area contributed by atoms with Crippen LogP contribution in [0.1, 0.15) is 52.0 Å². The largest absolute Gasteiger partial charge is 0.337 e. The Morgan fingerprint density at radius 1 is 1.18 bits per heavy atom. The molecule has 2 unspecified atom stereocenters. The lowest BCUT2D eigenvalue weighted by atomic mass is 9.93. The van der Waals surface area contributed by atoms with Gasteiger partial charge in [-0.3, -0.25) is 9.59 Å². The summed E-state index contributed by atoms with van der Waals surface area (Å²) < 4.78 is 23.9. The summed E-state index contributed by atoms with van der Waals surface area (Å²) >= 11 is 1.16. The maximum Gasteiger partial charge on any atom is 0.263 e. The molecule has 0 aliphatic heterocycles. The van der Waals surface area contributed by atoms with Crippen molar-refractivity contribution in [2.75, 3.05) is 13.3 Å². The molecule has 5 nitrogen and oxygen atoms in total. The van der Waals surface area contributed by atoms with Gasteiger partial charge in [-0.1, -0.05) is 12.8 Å². The minimum Gasteiger partial charge on any atom is -0.337 e. The van der Waals surface area contributed by atoms with E-state index in [1.54, 1.807) is 24.1 Å². The molecule has 1 saturated carbocycles. The summed E-state index contributed by atoms with van der Waals surface area (Å²) in [5, 5.41) is -0.498. The van der Waals surface area contributed by atoms with Gasteiger partial charge in [0.1, 0.15) is 0 Å². The van der Waals surface area contributed by atoms with Gasteiger partial charge in [-0.05, 0) is 31.9 Å². The molecule has 7 heteroatoms. The number of amides is 1. The van der Waals surface area contributed by atoms with Crippen LogP contribution < -0.4 is 0 Å². The van der Waals surface area contributed by atoms with Crippen LogP contribution in [0.25, 0.3) is 0 Å². The van der Waals surface area contributed by atoms with Crippen molar-refractivity contribution in [2.24, 2.45) is 0 Å². The molecule has 0 saturated heterocycles. The van der Waals surface area contributed by atoms with Gasteiger partial charge in [-0.15, -0.1) is 11.3 Å². The van der Waals surface area contributed by atoms with Crippen LogP contribution in [0.2, 0.25) is 0 Å². The van der Waals surface area contributed by atoms with Gasteiger partial charge in [-0.25, -0.2) is 8.42 Å². The SMILES string of the molecule is CC(=O)c1ccc(C(=O)N(C)C2CCCCC2S(C)(=O)=O)s1. The summed E-state index contributed by atoms with van der Waals surface area (Å²) in [6.07, 6.45) is 4.35. The Morgan fingerprint density at radius 2 is 1.77 bits per heavy atom. The fourth-order valence-electron chi connectivity index (χ4n) is 2.99. The molecule has 0 N–H and O–H groups in total. The van der Waals surface area contributed by atoms with E-state index < -0.39 is 15.1 Å². The van der Waals surface area contributed by atoms with E-state index in [0.29, 0.717) is 22.6 Å². The Morgan fingerprint density at radius 3 is 2.32 bits per heavy atom. The molecule has 2 rings (SSSR count). The maximum absolute atomic E-state index is 12.6. The number of nitrogens with zero attached hydrogens (tertiary/aromatic N) is 1. The molecule has 1 aromatic rings. The average molecular weight is 343 g/mol. The Balaban J connectivity index is 2.22. The molecule has 1 aliphatic carbocycles. The van der Waals surface area contributed by atoms with Crippen LogP contribution in [-0.2, 0) is 9.84 Å². The Kier molecular flexibility index (Phi) is 5.07. The first-order valence-electron chi connectivity index (χ1n) is 7.28. The summed E-state index contributed by atoms with van der Waals surface area (Å²) in [5.41, 5.74) is 0. The highest BCUT2D eigenvalue weighted by atomic mass is 32.2. The molecule has 0 bridgehead atoms. The topological polar surface area (TPSA) is 71.5 Å². The summed E-state index contributed by atoms with van der Waals surface area (Å²) in [4.78, 5) is 26.5. The highest BCUT2D eigenvalue weighted by Gasteiger charge is 2.37. The van der Waals surface area contributed by atoms with Crippen molar-refractivity contribution in [1.82, 2.24) is 4.90 Å². The lowest BCUT2D eigenvalue weighted by Crippen LogP contribution is -2.49. The smallest absolute Gasteiger partial charge is 0.263 e. The van der Waals surface area contributed by atoms with E-state index in [1.807, 2.05) is 0 Å². The first kappa shape index (κ1) is 17.1. The molecule has 2 atom stereocenters. The number of hydrogen-bond acceptors (Lipinski definition) is 5. The highest BCUT2D eigenvalue weighted by molar-refractivity contribution is 7.91. The predicted octanol–water partition coefficient (Wildman–Crippen LogP) is 2.38. The number of sulfone groups is 1. The van der Waals surface area contributed by atoms with E-state index in [9.17, 15) is 18.0 Å². The second-order valence-electron chi connectivity index (χ2n) is 5.86. The van der Waals surface area contributed by atoms with Crippen molar-refractivity contribution >= 4 is 32.9 Å². The molecular weight excluding hydrogens is 322 g/mol. The standard InChI is InChI=1S/C15H21NO4S2/c1-10(17)12-8-9-13(21-12)15(18)16(2)11-6-4-5-7-14(11)22(3,19)20/h8-9,11,14H,4-7H2,1-3H3. The van der Waals surface area contributed by atoms with E-state index >= 15 is 0 Å². The van der Waals surface area contributed by atoms with Gasteiger partial charge in [0, 0.05) is 19.3 Å². The van der Waals surface area contributed by atoms with E-state index in [4.69, 9.17) is 0 Å². The van der Waals surface area contributed by atoms with Crippen LogP contribution in [0.3, 0.4) is 0 Å². The monoisotopic (exact) mass is 343 g/mol. The molecule has 1 fully saturated rings.